The fourth-order valence-electron chi connectivity index (χ4n) is 16.5. The first-order valence-corrected chi connectivity index (χ1v) is 44.5. The number of nitrogens with one attached hydrogen (secondary N) is 3. The van der Waals surface area contributed by atoms with Crippen molar-refractivity contribution in [3.05, 3.63) is 118 Å². The van der Waals surface area contributed by atoms with E-state index in [1.165, 1.54) is 23.9 Å². The van der Waals surface area contributed by atoms with Gasteiger partial charge in [0.05, 0.1) is 148 Å². The molecule has 6 heterocycles. The number of nitrogens with two attached hydrogens (primary N) is 2. The van der Waals surface area contributed by atoms with Gasteiger partial charge in [-0.25, -0.2) is 19.6 Å². The van der Waals surface area contributed by atoms with Gasteiger partial charge in [0, 0.05) is 90.2 Å². The van der Waals surface area contributed by atoms with Gasteiger partial charge < -0.3 is 118 Å². The standard InChI is InChI=1S/C92H136N10O24/c1-59-15-11-10-12-16-60(2)77(112-7)55-71-24-18-64(6)92(111,126-71)85(107)88(108)102-31-14-13-17-73(102)89(109)123-70(54-74(103)61(3)50-63(5)83(106)84(114-9)82(105)62(4)49-59)25-20-65-21-26-76(78(52-65)113-8)125-91(110)96-30-34-116-36-38-118-40-42-120-44-46-122-48-47-121-45-43-119-41-39-117-37-35-115-33-29-79(104)101-32-28-67-51-66(19-22-69(67)57-101)56-97-87-80(86(94)98-58-99-87)81(93)68-23-27-75-72(53-68)100-90(95)124-75/h10-12,15-16,19,22-23,27,50-51,53,58-59,61-62,64-65,70-71,73-74,76-78,83-84,93,103,106,111H,13-14,17-18,20-21,24-26,28-49,52,54-57H2,1-9H3,(H2,95,100)(H,96,110)(H3,94,97,98,99)/b12-10+,15-11+,60-16+,63-50+,93-81?/t59-,61-,62-,64-,65-,70-,71+,73+,74-,76-,77+,78-,83-,84+,92-/m1/s1. The van der Waals surface area contributed by atoms with Crippen LogP contribution in [0.1, 0.15) is 159 Å². The van der Waals surface area contributed by atoms with Gasteiger partial charge in [-0.15, -0.1) is 0 Å². The van der Waals surface area contributed by atoms with Crippen LogP contribution < -0.4 is 22.1 Å². The number of benzene rings is 2. The van der Waals surface area contributed by atoms with E-state index in [2.05, 4.69) is 31.7 Å². The number of nitrogens with zero attached hydrogens (tertiary/aromatic N) is 5. The van der Waals surface area contributed by atoms with Crippen LogP contribution in [0.15, 0.2) is 94.7 Å². The summed E-state index contributed by atoms with van der Waals surface area (Å²) in [6.45, 7) is 18.5. The van der Waals surface area contributed by atoms with Crippen LogP contribution in [0.5, 0.6) is 0 Å². The third kappa shape index (κ3) is 31.1. The minimum absolute atomic E-state index is 0.00583. The Morgan fingerprint density at radius 3 is 2.03 bits per heavy atom. The number of carbonyl (C=O) groups excluding carboxylic acids is 6. The molecule has 5 aliphatic rings. The molecule has 0 unspecified atom stereocenters. The monoisotopic (exact) mass is 1760 g/mol. The van der Waals surface area contributed by atoms with Crippen molar-refractivity contribution in [2.75, 3.05) is 163 Å². The maximum atomic E-state index is 14.6. The number of methoxy groups -OCH3 is 3. The quantitative estimate of drug-likeness (QED) is 0.00680. The lowest BCUT2D eigenvalue weighted by Crippen LogP contribution is -2.60. The smallest absolute Gasteiger partial charge is 0.407 e. The fraction of sp³-hybridized carbons (Fsp3) is 0.652. The summed E-state index contributed by atoms with van der Waals surface area (Å²) in [7, 11) is 4.51. The van der Waals surface area contributed by atoms with Gasteiger partial charge in [0.25, 0.3) is 17.7 Å². The van der Waals surface area contributed by atoms with Gasteiger partial charge >= 0.3 is 12.1 Å². The summed E-state index contributed by atoms with van der Waals surface area (Å²) in [6.07, 6.45) is 11.7. The number of aliphatic hydroxyl groups excluding tert-OH is 2. The lowest BCUT2D eigenvalue weighted by Gasteiger charge is -2.42. The molecule has 10 N–H and O–H groups in total. The van der Waals surface area contributed by atoms with Crippen molar-refractivity contribution in [2.45, 2.75) is 212 Å². The van der Waals surface area contributed by atoms with Crippen LogP contribution in [0, 0.1) is 35.0 Å². The molecule has 1 saturated carbocycles. The zero-order valence-electron chi connectivity index (χ0n) is 74.8. The minimum Gasteiger partial charge on any atom is -0.461 e. The molecule has 4 aromatic rings. The Balaban J connectivity index is 0.588. The van der Waals surface area contributed by atoms with Gasteiger partial charge in [0.15, 0.2) is 11.4 Å². The van der Waals surface area contributed by atoms with E-state index in [0.29, 0.717) is 217 Å². The van der Waals surface area contributed by atoms with Crippen molar-refractivity contribution in [3.8, 4) is 0 Å². The molecule has 0 spiro atoms. The largest absolute Gasteiger partial charge is 0.461 e. The third-order valence-corrected chi connectivity index (χ3v) is 24.0. The van der Waals surface area contributed by atoms with Crippen LogP contribution in [-0.2, 0) is 110 Å². The van der Waals surface area contributed by atoms with Crippen molar-refractivity contribution < 1.29 is 115 Å². The highest BCUT2D eigenvalue weighted by atomic mass is 16.6. The van der Waals surface area contributed by atoms with Gasteiger partial charge in [-0.2, -0.15) is 4.98 Å². The molecule has 34 heteroatoms. The van der Waals surface area contributed by atoms with Crippen molar-refractivity contribution >= 4 is 69.9 Å². The van der Waals surface area contributed by atoms with E-state index in [4.69, 9.17) is 87.6 Å². The molecule has 2 aromatic carbocycles. The van der Waals surface area contributed by atoms with Gasteiger partial charge in [-0.3, -0.25) is 24.6 Å². The highest BCUT2D eigenvalue weighted by molar-refractivity contribution is 6.39. The summed E-state index contributed by atoms with van der Waals surface area (Å²) >= 11 is 0. The Morgan fingerprint density at radius 2 is 1.37 bits per heavy atom. The number of carbonyl (C=O) groups is 6. The zero-order chi connectivity index (χ0) is 90.5. The average molecular weight is 1770 g/mol. The number of esters is 1. The minimum atomic E-state index is -2.47. The van der Waals surface area contributed by atoms with Crippen molar-refractivity contribution in [1.82, 2.24) is 30.1 Å². The Labute approximate surface area is 739 Å². The number of aliphatic hydroxyl groups is 3. The molecule has 15 atom stereocenters. The predicted molar refractivity (Wildman–Crippen MR) is 469 cm³/mol. The SMILES string of the molecule is CO[C@H]1C[C@@H]2CC[C@@H](C)[C@@](O)(O2)C(=O)C(=O)N2CCCC[C@H]2C(=O)O[C@H](CC[C@@H]2CC[C@@H](OC(=O)NCCOCCOCCOCCOCCOCCOCCOCCOCCC(=O)N3CCc4cc(CNc5ncnc(N)c5C(=N)c5ccc6oc(N)nc6c5)ccc4C3)[C@H](OC)C2)C[C@@H](O)[C@H](C)/C=C(\C)[C@@H](O)[C@@H](OC)C(=O)[C@H](C)C[C@H](C)/C=C/C=C/C=C/1C. The number of anilines is 3. The van der Waals surface area contributed by atoms with E-state index >= 15 is 0 Å². The number of aromatic nitrogens is 3. The normalized spacial score (nSPS) is 27.3. The topological polar surface area (TPSA) is 451 Å². The molecule has 4 aliphatic heterocycles. The van der Waals surface area contributed by atoms with Crippen LogP contribution in [-0.4, -0.2) is 289 Å². The number of oxazole rings is 1. The van der Waals surface area contributed by atoms with Crippen LogP contribution in [0.25, 0.3) is 11.1 Å². The summed E-state index contributed by atoms with van der Waals surface area (Å²) in [5.74, 6) is -6.86. The number of piperidine rings is 1. The molecular weight excluding hydrogens is 1630 g/mol. The maximum Gasteiger partial charge on any atom is 0.407 e. The zero-order valence-corrected chi connectivity index (χ0v) is 74.8. The summed E-state index contributed by atoms with van der Waals surface area (Å²) in [4.78, 5) is 99.4. The predicted octanol–water partition coefficient (Wildman–Crippen LogP) is 8.69. The van der Waals surface area contributed by atoms with E-state index < -0.39 is 102 Å². The lowest BCUT2D eigenvalue weighted by molar-refractivity contribution is -0.265. The van der Waals surface area contributed by atoms with Crippen molar-refractivity contribution in [3.63, 3.8) is 0 Å². The van der Waals surface area contributed by atoms with Crippen molar-refractivity contribution in [1.29, 1.82) is 5.41 Å². The van der Waals surface area contributed by atoms with Gasteiger partial charge in [-0.1, -0.05) is 82.4 Å². The molecule has 9 rings (SSSR count). The molecule has 2 saturated heterocycles. The molecular formula is C92H136N10O24. The van der Waals surface area contributed by atoms with Crippen LogP contribution in [0.2, 0.25) is 0 Å². The van der Waals surface area contributed by atoms with Gasteiger partial charge in [0.2, 0.25) is 11.7 Å². The third-order valence-electron chi connectivity index (χ3n) is 24.0. The first kappa shape index (κ1) is 101. The number of Topliss-reactive ketones (excluding diaryl/α,β-unsaturated/α-hetero) is 2. The highest BCUT2D eigenvalue weighted by Gasteiger charge is 2.53. The molecule has 126 heavy (non-hydrogen) atoms. The lowest BCUT2D eigenvalue weighted by atomic mass is 9.81. The van der Waals surface area contributed by atoms with E-state index in [1.807, 2.05) is 68.2 Å². The number of hydrogen-bond donors (Lipinski definition) is 8. The molecule has 3 fully saturated rings. The number of ether oxygens (including phenoxy) is 14. The van der Waals surface area contributed by atoms with Gasteiger partial charge in [0.1, 0.15) is 53.9 Å². The number of amides is 3. The Morgan fingerprint density at radius 1 is 0.690 bits per heavy atom. The summed E-state index contributed by atoms with van der Waals surface area (Å²) in [5, 5.41) is 50.7. The number of rotatable bonds is 39. The van der Waals surface area contributed by atoms with E-state index in [0.717, 1.165) is 23.1 Å². The molecule has 0 radical (unpaired) electrons. The van der Waals surface area contributed by atoms with Crippen LogP contribution in [0.3, 0.4) is 0 Å². The molecule has 1 aliphatic carbocycles. The summed E-state index contributed by atoms with van der Waals surface area (Å²) < 4.78 is 86.3. The maximum absolute atomic E-state index is 14.6. The number of alkyl carbamates (subject to hydrolysis) is 1. The Bertz CT molecular complexity index is 4240. The molecule has 3 amide bonds. The summed E-state index contributed by atoms with van der Waals surface area (Å²) in [6, 6.07) is 10.2. The Kier molecular flexibility index (Phi) is 42.4. The second-order valence-corrected chi connectivity index (χ2v) is 33.3. The molecule has 2 aromatic heterocycles. The van der Waals surface area contributed by atoms with E-state index in [1.54, 1.807) is 59.3 Å². The molecule has 2 bridgehead atoms. The Hall–Kier alpha value is -8.56. The van der Waals surface area contributed by atoms with Crippen LogP contribution >= 0.6 is 0 Å². The fourth-order valence-corrected chi connectivity index (χ4v) is 16.5. The van der Waals surface area contributed by atoms with Crippen molar-refractivity contribution in [2.24, 2.45) is 29.6 Å². The number of allylic oxidation sites excluding steroid dienone is 5. The number of ketones is 2. The molecule has 698 valence electrons. The molecule has 34 nitrogen and oxygen atoms in total. The number of fused-ring (bicyclic) bond motifs is 5. The number of nitrogen functional groups attached to an aromatic ring is 2. The highest BCUT2D eigenvalue weighted by Crippen LogP contribution is 2.39. The van der Waals surface area contributed by atoms with Gasteiger partial charge in [-0.05, 0) is 149 Å². The average Bonchev–Trinajstić information content (AvgIpc) is 0.896. The number of cyclic esters (lactones) is 1. The second kappa shape index (κ2) is 52.8. The van der Waals surface area contributed by atoms with E-state index in [9.17, 15) is 44.1 Å². The first-order valence-electron chi connectivity index (χ1n) is 44.5. The second-order valence-electron chi connectivity index (χ2n) is 33.3. The van der Waals surface area contributed by atoms with Crippen LogP contribution in [0.4, 0.5) is 22.4 Å². The first-order chi connectivity index (χ1) is 60.8. The van der Waals surface area contributed by atoms with E-state index in [-0.39, 0.29) is 86.5 Å². The number of hydrogen-bond acceptors (Lipinski definition) is 31. The summed E-state index contributed by atoms with van der Waals surface area (Å²) in [5.41, 5.74) is 18.6.